The number of carbonyl (C=O) groups is 2. The second-order valence-electron chi connectivity index (χ2n) is 8.36. The number of primary amides is 1. The molecule has 2 N–H and O–H groups in total. The number of nitrogens with two attached hydrogens (primary N) is 1. The van der Waals surface area contributed by atoms with E-state index in [1.165, 1.54) is 5.56 Å². The summed E-state index contributed by atoms with van der Waals surface area (Å²) in [5.41, 5.74) is 9.00. The third-order valence-electron chi connectivity index (χ3n) is 5.37. The summed E-state index contributed by atoms with van der Waals surface area (Å²) in [6.45, 7) is 7.10. The number of hydrogen-bond acceptors (Lipinski definition) is 3. The lowest BCUT2D eigenvalue weighted by atomic mass is 9.90. The minimum Gasteiger partial charge on any atom is -0.367 e. The van der Waals surface area contributed by atoms with Crippen molar-refractivity contribution in [3.63, 3.8) is 0 Å². The molecule has 5 nitrogen and oxygen atoms in total. The smallest absolute Gasteiger partial charge is 0.251 e. The van der Waals surface area contributed by atoms with E-state index in [-0.39, 0.29) is 18.4 Å². The Hall–Kier alpha value is -2.66. The van der Waals surface area contributed by atoms with E-state index in [1.807, 2.05) is 44.2 Å². The Morgan fingerprint density at radius 1 is 1.14 bits per heavy atom. The number of aryl methyl sites for hydroxylation is 1. The molecule has 0 radical (unpaired) electrons. The molecule has 1 aliphatic heterocycles. The zero-order valence-electron chi connectivity index (χ0n) is 17.5. The highest BCUT2D eigenvalue weighted by Crippen LogP contribution is 2.26. The van der Waals surface area contributed by atoms with E-state index in [4.69, 9.17) is 10.5 Å². The Kier molecular flexibility index (Phi) is 6.38. The number of morpholine rings is 1. The van der Waals surface area contributed by atoms with Gasteiger partial charge in [0.25, 0.3) is 5.91 Å². The van der Waals surface area contributed by atoms with Gasteiger partial charge in [-0.15, -0.1) is 0 Å². The number of ether oxygens (including phenoxy) is 1. The Balaban J connectivity index is 1.78. The molecule has 3 rings (SSSR count). The average Bonchev–Trinajstić information content (AvgIpc) is 2.68. The van der Waals surface area contributed by atoms with Gasteiger partial charge in [0.2, 0.25) is 5.91 Å². The maximum atomic E-state index is 12.5. The lowest BCUT2D eigenvalue weighted by Gasteiger charge is -2.41. The number of carbonyl (C=O) groups excluding carboxylic acids is 2. The lowest BCUT2D eigenvalue weighted by molar-refractivity contribution is -0.163. The van der Waals surface area contributed by atoms with Crippen molar-refractivity contribution < 1.29 is 14.3 Å². The second kappa shape index (κ2) is 8.78. The minimum absolute atomic E-state index is 0.0451. The van der Waals surface area contributed by atoms with Gasteiger partial charge in [0, 0.05) is 19.4 Å². The summed E-state index contributed by atoms with van der Waals surface area (Å²) in [4.78, 5) is 26.6. The fraction of sp³-hybridized carbons (Fsp3) is 0.417. The molecule has 0 bridgehead atoms. The van der Waals surface area contributed by atoms with E-state index >= 15 is 0 Å². The van der Waals surface area contributed by atoms with Gasteiger partial charge >= 0.3 is 0 Å². The quantitative estimate of drug-likeness (QED) is 0.817. The van der Waals surface area contributed by atoms with Gasteiger partial charge < -0.3 is 15.4 Å². The molecule has 2 aromatic carbocycles. The van der Waals surface area contributed by atoms with Gasteiger partial charge in [0.05, 0.1) is 13.2 Å². The summed E-state index contributed by atoms with van der Waals surface area (Å²) < 4.78 is 5.88. The molecule has 1 unspecified atom stereocenters. The third-order valence-corrected chi connectivity index (χ3v) is 5.37. The number of nitrogens with zero attached hydrogens (tertiary/aromatic N) is 1. The predicted molar refractivity (Wildman–Crippen MR) is 114 cm³/mol. The van der Waals surface area contributed by atoms with Crippen LogP contribution in [0.25, 0.3) is 11.1 Å². The molecule has 1 heterocycles. The first-order chi connectivity index (χ1) is 13.8. The molecule has 1 fully saturated rings. The van der Waals surface area contributed by atoms with Crippen LogP contribution < -0.4 is 5.73 Å². The van der Waals surface area contributed by atoms with Gasteiger partial charge in [-0.3, -0.25) is 9.59 Å². The van der Waals surface area contributed by atoms with Crippen molar-refractivity contribution in [2.24, 2.45) is 11.7 Å². The molecular weight excluding hydrogens is 364 g/mol. The highest BCUT2D eigenvalue weighted by molar-refractivity contribution is 5.86. The van der Waals surface area contributed by atoms with E-state index in [0.717, 1.165) is 16.7 Å². The van der Waals surface area contributed by atoms with E-state index in [1.54, 1.807) is 4.90 Å². The van der Waals surface area contributed by atoms with Crippen molar-refractivity contribution in [2.45, 2.75) is 39.2 Å². The highest BCUT2D eigenvalue weighted by Gasteiger charge is 2.43. The summed E-state index contributed by atoms with van der Waals surface area (Å²) >= 11 is 0. The molecule has 1 saturated heterocycles. The topological polar surface area (TPSA) is 72.6 Å². The molecule has 0 aromatic heterocycles. The third kappa shape index (κ3) is 5.04. The van der Waals surface area contributed by atoms with Crippen LogP contribution in [0.1, 0.15) is 31.4 Å². The van der Waals surface area contributed by atoms with Crippen LogP contribution in [-0.2, 0) is 20.7 Å². The number of amides is 2. The summed E-state index contributed by atoms with van der Waals surface area (Å²) in [6, 6.07) is 16.4. The van der Waals surface area contributed by atoms with Crippen molar-refractivity contribution >= 4 is 11.8 Å². The van der Waals surface area contributed by atoms with E-state index in [2.05, 4.69) is 25.1 Å². The molecule has 154 valence electrons. The van der Waals surface area contributed by atoms with Crippen LogP contribution in [0.2, 0.25) is 0 Å². The molecular formula is C24H30N2O3. The van der Waals surface area contributed by atoms with E-state index in [0.29, 0.717) is 26.0 Å². The number of hydrogen-bond donors (Lipinski definition) is 1. The SMILES string of the molecule is Cc1cccc(-c2ccc(CC3(C(N)=O)CN(C(=O)CC(C)C)CCO3)cc2)c1. The van der Waals surface area contributed by atoms with Crippen molar-refractivity contribution in [3.8, 4) is 11.1 Å². The number of rotatable bonds is 6. The Morgan fingerprint density at radius 3 is 2.48 bits per heavy atom. The van der Waals surface area contributed by atoms with Crippen LogP contribution in [0.4, 0.5) is 0 Å². The van der Waals surface area contributed by atoms with Gasteiger partial charge in [-0.25, -0.2) is 0 Å². The molecule has 29 heavy (non-hydrogen) atoms. The molecule has 0 spiro atoms. The Morgan fingerprint density at radius 2 is 1.86 bits per heavy atom. The highest BCUT2D eigenvalue weighted by atomic mass is 16.5. The first-order valence-corrected chi connectivity index (χ1v) is 10.2. The van der Waals surface area contributed by atoms with E-state index < -0.39 is 11.5 Å². The van der Waals surface area contributed by atoms with Crippen molar-refractivity contribution in [1.29, 1.82) is 0 Å². The summed E-state index contributed by atoms with van der Waals surface area (Å²) in [5, 5.41) is 0. The normalized spacial score (nSPS) is 19.4. The van der Waals surface area contributed by atoms with E-state index in [9.17, 15) is 9.59 Å². The molecule has 2 amide bonds. The summed E-state index contributed by atoms with van der Waals surface area (Å²) in [5.74, 6) is -0.214. The molecule has 0 saturated carbocycles. The van der Waals surface area contributed by atoms with Gasteiger partial charge in [-0.05, 0) is 29.5 Å². The van der Waals surface area contributed by atoms with Crippen LogP contribution in [0.15, 0.2) is 48.5 Å². The van der Waals surface area contributed by atoms with Crippen LogP contribution in [0.5, 0.6) is 0 Å². The van der Waals surface area contributed by atoms with Gasteiger partial charge in [-0.1, -0.05) is 67.9 Å². The lowest BCUT2D eigenvalue weighted by Crippen LogP contribution is -2.61. The first kappa shape index (κ1) is 21.1. The molecule has 1 aliphatic rings. The number of benzene rings is 2. The van der Waals surface area contributed by atoms with Crippen LogP contribution in [0.3, 0.4) is 0 Å². The molecule has 1 atom stereocenters. The Labute approximate surface area is 172 Å². The van der Waals surface area contributed by atoms with Gasteiger partial charge in [-0.2, -0.15) is 0 Å². The molecule has 0 aliphatic carbocycles. The molecule has 2 aromatic rings. The summed E-state index contributed by atoms with van der Waals surface area (Å²) in [7, 11) is 0. The zero-order chi connectivity index (χ0) is 21.0. The second-order valence-corrected chi connectivity index (χ2v) is 8.36. The van der Waals surface area contributed by atoms with Gasteiger partial charge in [0.1, 0.15) is 0 Å². The van der Waals surface area contributed by atoms with Crippen LogP contribution in [0, 0.1) is 12.8 Å². The minimum atomic E-state index is -1.18. The summed E-state index contributed by atoms with van der Waals surface area (Å²) in [6.07, 6.45) is 0.807. The van der Waals surface area contributed by atoms with Crippen molar-refractivity contribution in [1.82, 2.24) is 4.90 Å². The maximum Gasteiger partial charge on any atom is 0.251 e. The van der Waals surface area contributed by atoms with Gasteiger partial charge in [0.15, 0.2) is 5.60 Å². The fourth-order valence-electron chi connectivity index (χ4n) is 3.79. The predicted octanol–water partition coefficient (Wildman–Crippen LogP) is 3.33. The fourth-order valence-corrected chi connectivity index (χ4v) is 3.79. The zero-order valence-corrected chi connectivity index (χ0v) is 17.5. The molecule has 5 heteroatoms. The standard InChI is InChI=1S/C24H30N2O3/c1-17(2)13-22(27)26-11-12-29-24(16-26,23(25)28)15-19-7-9-20(10-8-19)21-6-4-5-18(3)14-21/h4-10,14,17H,11-13,15-16H2,1-3H3,(H2,25,28). The van der Waals surface area contributed by atoms with Crippen molar-refractivity contribution in [2.75, 3.05) is 19.7 Å². The van der Waals surface area contributed by atoms with Crippen LogP contribution in [-0.4, -0.2) is 42.0 Å². The maximum absolute atomic E-state index is 12.5. The van der Waals surface area contributed by atoms with Crippen molar-refractivity contribution in [3.05, 3.63) is 59.7 Å². The monoisotopic (exact) mass is 394 g/mol. The first-order valence-electron chi connectivity index (χ1n) is 10.2. The largest absolute Gasteiger partial charge is 0.367 e. The average molecular weight is 395 g/mol. The Bertz CT molecular complexity index is 876. The van der Waals surface area contributed by atoms with Crippen LogP contribution >= 0.6 is 0 Å².